The van der Waals surface area contributed by atoms with Crippen molar-refractivity contribution in [1.29, 1.82) is 0 Å². The highest BCUT2D eigenvalue weighted by Gasteiger charge is 1.94. The smallest absolute Gasteiger partial charge is 0.0564 e. The maximum absolute atomic E-state index is 3.31. The first-order valence-electron chi connectivity index (χ1n) is 3.18. The Morgan fingerprint density at radius 1 is 1.56 bits per heavy atom. The lowest BCUT2D eigenvalue weighted by Crippen LogP contribution is -1.87. The Balaban J connectivity index is 3.37. The van der Waals surface area contributed by atoms with E-state index in [1.165, 1.54) is 6.42 Å². The summed E-state index contributed by atoms with van der Waals surface area (Å²) in [6.07, 6.45) is 4.56. The molecule has 0 aliphatic rings. The minimum Gasteiger partial charge on any atom is -0.0651 e. The Morgan fingerprint density at radius 3 is 2.44 bits per heavy atom. The van der Waals surface area contributed by atoms with Gasteiger partial charge in [0.15, 0.2) is 0 Å². The van der Waals surface area contributed by atoms with E-state index in [0.717, 1.165) is 15.7 Å². The lowest BCUT2D eigenvalue weighted by molar-refractivity contribution is 0.572. The van der Waals surface area contributed by atoms with Crippen molar-refractivity contribution >= 4 is 31.9 Å². The second-order valence-corrected chi connectivity index (χ2v) is 5.02. The fourth-order valence-corrected chi connectivity index (χ4v) is 0.831. The summed E-state index contributed by atoms with van der Waals surface area (Å²) in [5.74, 6) is 0.801. The monoisotopic (exact) mass is 254 g/mol. The van der Waals surface area contributed by atoms with Crippen LogP contribution in [0.3, 0.4) is 0 Å². The van der Waals surface area contributed by atoms with E-state index in [2.05, 4.69) is 51.8 Å². The molecule has 0 rings (SSSR count). The second-order valence-electron chi connectivity index (χ2n) is 2.24. The Bertz CT molecular complexity index is 93.1. The minimum atomic E-state index is 0.801. The van der Waals surface area contributed by atoms with Crippen molar-refractivity contribution in [3.63, 3.8) is 0 Å². The van der Waals surface area contributed by atoms with Gasteiger partial charge in [-0.1, -0.05) is 26.3 Å². The fourth-order valence-electron chi connectivity index (χ4n) is 0.457. The van der Waals surface area contributed by atoms with Crippen LogP contribution in [0, 0.1) is 5.92 Å². The number of hydrogen-bond donors (Lipinski definition) is 0. The third-order valence-corrected chi connectivity index (χ3v) is 2.02. The van der Waals surface area contributed by atoms with Crippen molar-refractivity contribution in [1.82, 2.24) is 0 Å². The van der Waals surface area contributed by atoms with Gasteiger partial charge in [-0.15, -0.1) is 0 Å². The maximum atomic E-state index is 3.31. The van der Waals surface area contributed by atoms with Crippen LogP contribution in [-0.2, 0) is 0 Å². The molecule has 0 fully saturated rings. The molecular formula is C7H12Br2. The van der Waals surface area contributed by atoms with E-state index in [9.17, 15) is 0 Å². The molecule has 0 aromatic heterocycles. The van der Waals surface area contributed by atoms with Crippen LogP contribution >= 0.6 is 31.9 Å². The van der Waals surface area contributed by atoms with Gasteiger partial charge in [0.25, 0.3) is 0 Å². The Morgan fingerprint density at radius 2 is 2.11 bits per heavy atom. The minimum absolute atomic E-state index is 0.801. The topological polar surface area (TPSA) is 0 Å². The maximum Gasteiger partial charge on any atom is 0.0564 e. The summed E-state index contributed by atoms with van der Waals surface area (Å²) in [4.78, 5) is 0. The molecular weight excluding hydrogens is 244 g/mol. The number of rotatable bonds is 3. The molecule has 54 valence electrons. The van der Waals surface area contributed by atoms with Crippen LogP contribution in [0.4, 0.5) is 0 Å². The van der Waals surface area contributed by atoms with Crippen LogP contribution in [0.2, 0.25) is 0 Å². The van der Waals surface area contributed by atoms with Gasteiger partial charge in [-0.05, 0) is 44.2 Å². The van der Waals surface area contributed by atoms with Crippen LogP contribution < -0.4 is 0 Å². The van der Waals surface area contributed by atoms with E-state index < -0.39 is 0 Å². The molecule has 0 saturated carbocycles. The molecule has 0 heterocycles. The molecule has 0 saturated heterocycles. The Labute approximate surface area is 74.0 Å². The third-order valence-electron chi connectivity index (χ3n) is 1.37. The summed E-state index contributed by atoms with van der Waals surface area (Å²) in [6.45, 7) is 4.46. The first kappa shape index (κ1) is 9.70. The highest BCUT2D eigenvalue weighted by Crippen LogP contribution is 2.17. The molecule has 0 aliphatic heterocycles. The SMILES string of the molecule is CC[C@H](C)CC=C(Br)Br. The molecule has 0 radical (unpaired) electrons. The summed E-state index contributed by atoms with van der Waals surface area (Å²) in [5, 5.41) is 0. The molecule has 0 amide bonds. The van der Waals surface area contributed by atoms with Gasteiger partial charge in [0.05, 0.1) is 3.39 Å². The predicted octanol–water partition coefficient (Wildman–Crippen LogP) is 4.05. The number of hydrogen-bond acceptors (Lipinski definition) is 0. The summed E-state index contributed by atoms with van der Waals surface area (Å²) in [6, 6.07) is 0. The van der Waals surface area contributed by atoms with Crippen molar-refractivity contribution in [3.8, 4) is 0 Å². The van der Waals surface area contributed by atoms with Gasteiger partial charge in [0, 0.05) is 0 Å². The summed E-state index contributed by atoms with van der Waals surface area (Å²) >= 11 is 6.62. The van der Waals surface area contributed by atoms with Gasteiger partial charge in [-0.25, -0.2) is 0 Å². The van der Waals surface area contributed by atoms with Gasteiger partial charge < -0.3 is 0 Å². The zero-order valence-electron chi connectivity index (χ0n) is 5.82. The highest BCUT2D eigenvalue weighted by molar-refractivity contribution is 9.28. The highest BCUT2D eigenvalue weighted by atomic mass is 79.9. The van der Waals surface area contributed by atoms with Crippen LogP contribution in [0.5, 0.6) is 0 Å². The van der Waals surface area contributed by atoms with Crippen molar-refractivity contribution in [2.24, 2.45) is 5.92 Å². The summed E-state index contributed by atoms with van der Waals surface area (Å²) in [7, 11) is 0. The molecule has 0 aliphatic carbocycles. The van der Waals surface area contributed by atoms with Crippen molar-refractivity contribution in [3.05, 3.63) is 9.47 Å². The van der Waals surface area contributed by atoms with Crippen LogP contribution in [0.15, 0.2) is 9.47 Å². The molecule has 0 unspecified atom stereocenters. The van der Waals surface area contributed by atoms with Gasteiger partial charge >= 0.3 is 0 Å². The van der Waals surface area contributed by atoms with Gasteiger partial charge in [-0.3, -0.25) is 0 Å². The largest absolute Gasteiger partial charge is 0.0651 e. The fraction of sp³-hybridized carbons (Fsp3) is 0.714. The van der Waals surface area contributed by atoms with Gasteiger partial charge in [0.1, 0.15) is 0 Å². The standard InChI is InChI=1S/C7H12Br2/c1-3-6(2)4-5-7(8)9/h5-6H,3-4H2,1-2H3/t6-/m0/s1. The average molecular weight is 256 g/mol. The lowest BCUT2D eigenvalue weighted by Gasteiger charge is -2.01. The first-order chi connectivity index (χ1) is 4.16. The van der Waals surface area contributed by atoms with Crippen LogP contribution in [0.25, 0.3) is 0 Å². The van der Waals surface area contributed by atoms with Crippen LogP contribution in [-0.4, -0.2) is 0 Å². The lowest BCUT2D eigenvalue weighted by atomic mass is 10.1. The van der Waals surface area contributed by atoms with Gasteiger partial charge in [-0.2, -0.15) is 0 Å². The second kappa shape index (κ2) is 5.48. The average Bonchev–Trinajstić information content (AvgIpc) is 1.83. The van der Waals surface area contributed by atoms with E-state index in [0.29, 0.717) is 0 Å². The normalized spacial score (nSPS) is 12.9. The van der Waals surface area contributed by atoms with E-state index in [1.54, 1.807) is 0 Å². The van der Waals surface area contributed by atoms with E-state index in [4.69, 9.17) is 0 Å². The summed E-state index contributed by atoms with van der Waals surface area (Å²) < 4.78 is 1.07. The summed E-state index contributed by atoms with van der Waals surface area (Å²) in [5.41, 5.74) is 0. The molecule has 0 N–H and O–H groups in total. The molecule has 0 aromatic carbocycles. The molecule has 2 heteroatoms. The van der Waals surface area contributed by atoms with Crippen molar-refractivity contribution < 1.29 is 0 Å². The van der Waals surface area contributed by atoms with E-state index in [-0.39, 0.29) is 0 Å². The molecule has 0 nitrogen and oxygen atoms in total. The van der Waals surface area contributed by atoms with Gasteiger partial charge in [0.2, 0.25) is 0 Å². The van der Waals surface area contributed by atoms with E-state index in [1.807, 2.05) is 0 Å². The zero-order valence-corrected chi connectivity index (χ0v) is 9.00. The number of allylic oxidation sites excluding steroid dienone is 1. The molecule has 0 spiro atoms. The Hall–Kier alpha value is 0.700. The molecule has 0 bridgehead atoms. The quantitative estimate of drug-likeness (QED) is 0.714. The zero-order chi connectivity index (χ0) is 7.28. The van der Waals surface area contributed by atoms with Crippen molar-refractivity contribution in [2.45, 2.75) is 26.7 Å². The number of halogens is 2. The Kier molecular flexibility index (Phi) is 5.91. The van der Waals surface area contributed by atoms with E-state index >= 15 is 0 Å². The molecule has 1 atom stereocenters. The first-order valence-corrected chi connectivity index (χ1v) is 4.76. The van der Waals surface area contributed by atoms with Crippen LogP contribution in [0.1, 0.15) is 26.7 Å². The predicted molar refractivity (Wildman–Crippen MR) is 50.0 cm³/mol. The van der Waals surface area contributed by atoms with Crippen molar-refractivity contribution in [2.75, 3.05) is 0 Å². The molecule has 0 aromatic rings. The third kappa shape index (κ3) is 6.59. The molecule has 9 heavy (non-hydrogen) atoms.